The Labute approximate surface area is 168 Å². The maximum Gasteiger partial charge on any atom is 0.341 e. The predicted octanol–water partition coefficient (Wildman–Crippen LogP) is 2.96. The molecule has 1 aliphatic carbocycles. The highest BCUT2D eigenvalue weighted by molar-refractivity contribution is 6.38. The summed E-state index contributed by atoms with van der Waals surface area (Å²) >= 11 is 6.78. The fraction of sp³-hybridized carbons (Fsp3) is 0.429. The zero-order chi connectivity index (χ0) is 20.2. The van der Waals surface area contributed by atoms with Gasteiger partial charge in [0, 0.05) is 43.2 Å². The summed E-state index contributed by atoms with van der Waals surface area (Å²) in [7, 11) is 0. The second kappa shape index (κ2) is 6.94. The van der Waals surface area contributed by atoms with Gasteiger partial charge in [-0.05, 0) is 30.9 Å². The van der Waals surface area contributed by atoms with E-state index in [1.165, 1.54) is 6.20 Å². The average Bonchev–Trinajstić information content (AvgIpc) is 3.12. The SMILES string of the molecule is CCn1cc(C(=O)O)c(=O)c2ccc(N3CC4C(C)C=CC(N)C4C3)c(Cl)c21. The maximum atomic E-state index is 12.6. The Morgan fingerprint density at radius 3 is 2.64 bits per heavy atom. The Morgan fingerprint density at radius 2 is 2.00 bits per heavy atom. The lowest BCUT2D eigenvalue weighted by Gasteiger charge is -2.30. The number of allylic oxidation sites excluding steroid dienone is 1. The molecule has 2 heterocycles. The number of nitrogens with two attached hydrogens (primary N) is 1. The van der Waals surface area contributed by atoms with Gasteiger partial charge in [0.25, 0.3) is 0 Å². The number of carboxylic acids is 1. The van der Waals surface area contributed by atoms with E-state index in [1.54, 1.807) is 10.6 Å². The number of aromatic carboxylic acids is 1. The molecule has 6 nitrogen and oxygen atoms in total. The molecule has 1 aromatic heterocycles. The van der Waals surface area contributed by atoms with Crippen molar-refractivity contribution in [3.63, 3.8) is 0 Å². The minimum Gasteiger partial charge on any atom is -0.477 e. The molecule has 1 saturated heterocycles. The van der Waals surface area contributed by atoms with Gasteiger partial charge in [0.05, 0.1) is 16.2 Å². The van der Waals surface area contributed by atoms with E-state index in [4.69, 9.17) is 17.3 Å². The lowest BCUT2D eigenvalue weighted by molar-refractivity contribution is 0.0695. The van der Waals surface area contributed by atoms with E-state index in [1.807, 2.05) is 13.0 Å². The number of benzene rings is 1. The molecule has 4 unspecified atom stereocenters. The summed E-state index contributed by atoms with van der Waals surface area (Å²) in [6.45, 7) is 6.30. The molecule has 0 amide bonds. The van der Waals surface area contributed by atoms with Crippen LogP contribution in [-0.4, -0.2) is 34.8 Å². The molecule has 1 aromatic carbocycles. The van der Waals surface area contributed by atoms with Crippen molar-refractivity contribution in [2.75, 3.05) is 18.0 Å². The summed E-state index contributed by atoms with van der Waals surface area (Å²) < 4.78 is 1.74. The minimum absolute atomic E-state index is 0.0392. The molecule has 148 valence electrons. The van der Waals surface area contributed by atoms with Crippen molar-refractivity contribution in [3.05, 3.63) is 51.3 Å². The highest BCUT2D eigenvalue weighted by Crippen LogP contribution is 2.41. The fourth-order valence-electron chi connectivity index (χ4n) is 4.69. The van der Waals surface area contributed by atoms with Gasteiger partial charge >= 0.3 is 5.97 Å². The third-order valence-electron chi connectivity index (χ3n) is 6.29. The normalized spacial score (nSPS) is 26.6. The first-order valence-corrected chi connectivity index (χ1v) is 9.99. The van der Waals surface area contributed by atoms with Crippen LogP contribution in [0, 0.1) is 17.8 Å². The van der Waals surface area contributed by atoms with Crippen LogP contribution in [0.1, 0.15) is 24.2 Å². The average molecular weight is 402 g/mol. The number of hydrogen-bond acceptors (Lipinski definition) is 4. The van der Waals surface area contributed by atoms with Gasteiger partial charge in [-0.3, -0.25) is 4.79 Å². The molecule has 1 aliphatic heterocycles. The van der Waals surface area contributed by atoms with Gasteiger partial charge in [-0.15, -0.1) is 0 Å². The summed E-state index contributed by atoms with van der Waals surface area (Å²) in [6.07, 6.45) is 5.67. The van der Waals surface area contributed by atoms with Crippen LogP contribution < -0.4 is 16.1 Å². The summed E-state index contributed by atoms with van der Waals surface area (Å²) in [5.74, 6) is 0.0680. The summed E-state index contributed by atoms with van der Waals surface area (Å²) in [6, 6.07) is 3.57. The van der Waals surface area contributed by atoms with Gasteiger partial charge < -0.3 is 20.3 Å². The van der Waals surface area contributed by atoms with E-state index in [2.05, 4.69) is 24.0 Å². The number of halogens is 1. The number of nitrogens with zero attached hydrogens (tertiary/aromatic N) is 2. The number of hydrogen-bond donors (Lipinski definition) is 2. The molecule has 4 atom stereocenters. The zero-order valence-corrected chi connectivity index (χ0v) is 16.7. The first-order valence-electron chi connectivity index (χ1n) is 9.61. The molecule has 1 fully saturated rings. The van der Waals surface area contributed by atoms with Crippen molar-refractivity contribution in [1.82, 2.24) is 4.57 Å². The van der Waals surface area contributed by atoms with E-state index < -0.39 is 11.4 Å². The standard InChI is InChI=1S/C21H24ClN3O3/c1-3-24-10-15(21(27)28)20(26)12-5-7-17(18(22)19(12)24)25-8-13-11(2)4-6-16(23)14(13)9-25/h4-7,10-11,13-14,16H,3,8-9,23H2,1-2H3,(H,27,28). The van der Waals surface area contributed by atoms with E-state index >= 15 is 0 Å². The third kappa shape index (κ3) is 2.83. The number of pyridine rings is 1. The number of fused-ring (bicyclic) bond motifs is 2. The van der Waals surface area contributed by atoms with E-state index in [-0.39, 0.29) is 11.6 Å². The van der Waals surface area contributed by atoms with Gasteiger partial charge in [0.15, 0.2) is 0 Å². The predicted molar refractivity (Wildman–Crippen MR) is 111 cm³/mol. The first-order chi connectivity index (χ1) is 13.3. The van der Waals surface area contributed by atoms with E-state index in [0.29, 0.717) is 40.2 Å². The topological polar surface area (TPSA) is 88.6 Å². The molecule has 4 rings (SSSR count). The van der Waals surface area contributed by atoms with E-state index in [9.17, 15) is 14.7 Å². The van der Waals surface area contributed by atoms with Crippen molar-refractivity contribution in [2.24, 2.45) is 23.5 Å². The minimum atomic E-state index is -1.23. The molecule has 28 heavy (non-hydrogen) atoms. The number of aryl methyl sites for hydroxylation is 1. The highest BCUT2D eigenvalue weighted by atomic mass is 35.5. The van der Waals surface area contributed by atoms with Crippen LogP contribution in [0.3, 0.4) is 0 Å². The monoisotopic (exact) mass is 401 g/mol. The van der Waals surface area contributed by atoms with Crippen molar-refractivity contribution in [1.29, 1.82) is 0 Å². The lowest BCUT2D eigenvalue weighted by Crippen LogP contribution is -2.38. The molecule has 3 N–H and O–H groups in total. The summed E-state index contributed by atoms with van der Waals surface area (Å²) in [5, 5.41) is 10.2. The third-order valence-corrected chi connectivity index (χ3v) is 6.66. The summed E-state index contributed by atoms with van der Waals surface area (Å²) in [4.78, 5) is 26.3. The first kappa shape index (κ1) is 19.0. The lowest BCUT2D eigenvalue weighted by atomic mass is 9.77. The zero-order valence-electron chi connectivity index (χ0n) is 15.9. The molecule has 2 aliphatic rings. The number of rotatable bonds is 3. The largest absolute Gasteiger partial charge is 0.477 e. The molecule has 0 radical (unpaired) electrons. The molecular formula is C21H24ClN3O3. The second-order valence-corrected chi connectivity index (χ2v) is 8.19. The van der Waals surface area contributed by atoms with Crippen LogP contribution in [0.5, 0.6) is 0 Å². The van der Waals surface area contributed by atoms with Gasteiger partial charge in [-0.25, -0.2) is 4.79 Å². The van der Waals surface area contributed by atoms with Crippen molar-refractivity contribution in [2.45, 2.75) is 26.4 Å². The van der Waals surface area contributed by atoms with Crippen LogP contribution in [0.25, 0.3) is 10.9 Å². The Kier molecular flexibility index (Phi) is 4.71. The fourth-order valence-corrected chi connectivity index (χ4v) is 5.08. The molecule has 0 spiro atoms. The number of anilines is 1. The smallest absolute Gasteiger partial charge is 0.341 e. The Morgan fingerprint density at radius 1 is 1.29 bits per heavy atom. The van der Waals surface area contributed by atoms with Crippen LogP contribution in [0.15, 0.2) is 35.3 Å². The number of aromatic nitrogens is 1. The Balaban J connectivity index is 1.82. The molecule has 2 aromatic rings. The van der Waals surface area contributed by atoms with Gasteiger partial charge in [-0.1, -0.05) is 30.7 Å². The number of carbonyl (C=O) groups is 1. The molecule has 0 saturated carbocycles. The van der Waals surface area contributed by atoms with Crippen LogP contribution in [0.4, 0.5) is 5.69 Å². The maximum absolute atomic E-state index is 12.6. The quantitative estimate of drug-likeness (QED) is 0.772. The Hall–Kier alpha value is -2.31. The van der Waals surface area contributed by atoms with Crippen molar-refractivity contribution >= 4 is 34.2 Å². The second-order valence-electron chi connectivity index (χ2n) is 7.81. The van der Waals surface area contributed by atoms with Crippen molar-refractivity contribution in [3.8, 4) is 0 Å². The van der Waals surface area contributed by atoms with Crippen LogP contribution >= 0.6 is 11.6 Å². The van der Waals surface area contributed by atoms with Gasteiger partial charge in [0.1, 0.15) is 5.56 Å². The van der Waals surface area contributed by atoms with Crippen LogP contribution in [0.2, 0.25) is 5.02 Å². The van der Waals surface area contributed by atoms with Gasteiger partial charge in [0.2, 0.25) is 5.43 Å². The van der Waals surface area contributed by atoms with Crippen molar-refractivity contribution < 1.29 is 9.90 Å². The highest BCUT2D eigenvalue weighted by Gasteiger charge is 2.40. The molecular weight excluding hydrogens is 378 g/mol. The Bertz CT molecular complexity index is 1030. The number of carboxylic acid groups (broad SMARTS) is 1. The van der Waals surface area contributed by atoms with Crippen LogP contribution in [-0.2, 0) is 6.54 Å². The van der Waals surface area contributed by atoms with Gasteiger partial charge in [-0.2, -0.15) is 0 Å². The molecule has 7 heteroatoms. The summed E-state index contributed by atoms with van der Waals surface area (Å²) in [5.41, 5.74) is 7.02. The van der Waals surface area contributed by atoms with E-state index in [0.717, 1.165) is 18.8 Å². The molecule has 0 bridgehead atoms.